The summed E-state index contributed by atoms with van der Waals surface area (Å²) in [6.07, 6.45) is 0. The third-order valence-corrected chi connectivity index (χ3v) is 6.63. The number of carbonyl (C=O) groups excluding carboxylic acids is 1. The van der Waals surface area contributed by atoms with Crippen LogP contribution < -0.4 is 5.32 Å². The average Bonchev–Trinajstić information content (AvgIpc) is 2.73. The maximum Gasteiger partial charge on any atom is 0.243 e. The van der Waals surface area contributed by atoms with Crippen LogP contribution in [0.2, 0.25) is 0 Å². The first-order valence-electron chi connectivity index (χ1n) is 9.17. The normalized spacial score (nSPS) is 11.8. The molecule has 0 spiro atoms. The molecule has 0 saturated carbocycles. The third kappa shape index (κ3) is 3.99. The molecule has 0 aliphatic rings. The molecule has 0 radical (unpaired) electrons. The van der Waals surface area contributed by atoms with Crippen molar-refractivity contribution in [2.24, 2.45) is 0 Å². The summed E-state index contributed by atoms with van der Waals surface area (Å²) < 4.78 is 26.8. The minimum Gasteiger partial charge on any atom is -0.325 e. The average molecular weight is 404 g/mol. The largest absolute Gasteiger partial charge is 0.325 e. The Kier molecular flexibility index (Phi) is 5.05. The van der Waals surface area contributed by atoms with Crippen molar-refractivity contribution in [3.8, 4) is 0 Å². The Morgan fingerprint density at radius 1 is 0.793 bits per heavy atom. The minimum atomic E-state index is -3.78. The summed E-state index contributed by atoms with van der Waals surface area (Å²) in [7, 11) is -2.37. The second-order valence-electron chi connectivity index (χ2n) is 6.88. The smallest absolute Gasteiger partial charge is 0.243 e. The summed E-state index contributed by atoms with van der Waals surface area (Å²) in [4.78, 5) is 12.6. The molecule has 0 fully saturated rings. The number of rotatable bonds is 5. The summed E-state index contributed by atoms with van der Waals surface area (Å²) in [6, 6.07) is 25.9. The molecular formula is C23H20N2O3S. The van der Waals surface area contributed by atoms with Crippen molar-refractivity contribution in [1.29, 1.82) is 0 Å². The van der Waals surface area contributed by atoms with Crippen molar-refractivity contribution in [2.75, 3.05) is 18.9 Å². The molecule has 5 nitrogen and oxygen atoms in total. The minimum absolute atomic E-state index is 0.164. The lowest BCUT2D eigenvalue weighted by atomic mass is 10.1. The quantitative estimate of drug-likeness (QED) is 0.541. The van der Waals surface area contributed by atoms with E-state index >= 15 is 0 Å². The van der Waals surface area contributed by atoms with Crippen LogP contribution in [0.5, 0.6) is 0 Å². The molecule has 0 unspecified atom stereocenters. The number of hydrogen-bond acceptors (Lipinski definition) is 3. The highest BCUT2D eigenvalue weighted by atomic mass is 32.2. The van der Waals surface area contributed by atoms with Crippen molar-refractivity contribution in [3.63, 3.8) is 0 Å². The second-order valence-corrected chi connectivity index (χ2v) is 8.93. The van der Waals surface area contributed by atoms with Gasteiger partial charge in [0.15, 0.2) is 0 Å². The molecule has 1 N–H and O–H groups in total. The van der Waals surface area contributed by atoms with E-state index in [4.69, 9.17) is 0 Å². The fraction of sp³-hybridized carbons (Fsp3) is 0.0870. The Hall–Kier alpha value is -3.22. The standard InChI is InChI=1S/C23H20N2O3S/c1-25(29(27,28)22-13-11-18-7-3-5-9-20(18)15-22)16-23(26)24-21-12-10-17-6-2-4-8-19(17)14-21/h2-15H,16H2,1H3,(H,24,26). The van der Waals surface area contributed by atoms with Gasteiger partial charge in [0.1, 0.15) is 0 Å². The number of nitrogens with one attached hydrogen (secondary N) is 1. The van der Waals surface area contributed by atoms with Gasteiger partial charge in [-0.3, -0.25) is 4.79 Å². The van der Waals surface area contributed by atoms with Gasteiger partial charge in [-0.05, 0) is 45.8 Å². The molecular weight excluding hydrogens is 384 g/mol. The number of nitrogens with zero attached hydrogens (tertiary/aromatic N) is 1. The van der Waals surface area contributed by atoms with Gasteiger partial charge in [0.05, 0.1) is 11.4 Å². The first-order chi connectivity index (χ1) is 13.9. The molecule has 4 aromatic carbocycles. The predicted molar refractivity (Wildman–Crippen MR) is 116 cm³/mol. The molecule has 4 rings (SSSR count). The zero-order valence-electron chi connectivity index (χ0n) is 15.9. The highest BCUT2D eigenvalue weighted by Gasteiger charge is 2.23. The van der Waals surface area contributed by atoms with Gasteiger partial charge in [-0.2, -0.15) is 4.31 Å². The number of likely N-dealkylation sites (N-methyl/N-ethyl adjacent to an activating group) is 1. The lowest BCUT2D eigenvalue weighted by molar-refractivity contribution is -0.116. The molecule has 1 amide bonds. The monoisotopic (exact) mass is 404 g/mol. The number of carbonyl (C=O) groups is 1. The van der Waals surface area contributed by atoms with Crippen LogP contribution in [0, 0.1) is 0 Å². The topological polar surface area (TPSA) is 66.5 Å². The predicted octanol–water partition coefficient (Wildman–Crippen LogP) is 4.25. The maximum absolute atomic E-state index is 12.9. The van der Waals surface area contributed by atoms with E-state index in [2.05, 4.69) is 5.32 Å². The van der Waals surface area contributed by atoms with Crippen LogP contribution in [0.1, 0.15) is 0 Å². The lowest BCUT2D eigenvalue weighted by Gasteiger charge is -2.17. The highest BCUT2D eigenvalue weighted by Crippen LogP contribution is 2.22. The van der Waals surface area contributed by atoms with Gasteiger partial charge >= 0.3 is 0 Å². The van der Waals surface area contributed by atoms with E-state index in [-0.39, 0.29) is 11.4 Å². The molecule has 146 valence electrons. The Balaban J connectivity index is 1.50. The molecule has 0 aliphatic carbocycles. The Morgan fingerprint density at radius 3 is 2.00 bits per heavy atom. The van der Waals surface area contributed by atoms with Crippen molar-refractivity contribution in [2.45, 2.75) is 4.90 Å². The van der Waals surface area contributed by atoms with E-state index < -0.39 is 15.9 Å². The molecule has 29 heavy (non-hydrogen) atoms. The van der Waals surface area contributed by atoms with E-state index in [1.165, 1.54) is 7.05 Å². The Labute approximate surface area is 169 Å². The van der Waals surface area contributed by atoms with Crippen LogP contribution in [0.25, 0.3) is 21.5 Å². The molecule has 0 aromatic heterocycles. The van der Waals surface area contributed by atoms with Crippen LogP contribution in [0.15, 0.2) is 89.8 Å². The Morgan fingerprint density at radius 2 is 1.34 bits per heavy atom. The van der Waals surface area contributed by atoms with Gasteiger partial charge in [0.2, 0.25) is 15.9 Å². The fourth-order valence-corrected chi connectivity index (χ4v) is 4.43. The fourth-order valence-electron chi connectivity index (χ4n) is 3.26. The molecule has 6 heteroatoms. The number of anilines is 1. The number of amides is 1. The maximum atomic E-state index is 12.9. The summed E-state index contributed by atoms with van der Waals surface area (Å²) in [5.41, 5.74) is 0.630. The first-order valence-corrected chi connectivity index (χ1v) is 10.6. The number of fused-ring (bicyclic) bond motifs is 2. The van der Waals surface area contributed by atoms with Crippen LogP contribution >= 0.6 is 0 Å². The SMILES string of the molecule is CN(CC(=O)Nc1ccc2ccccc2c1)S(=O)(=O)c1ccc2ccccc2c1. The first kappa shape index (κ1) is 19.1. The summed E-state index contributed by atoms with van der Waals surface area (Å²) >= 11 is 0. The van der Waals surface area contributed by atoms with Crippen LogP contribution in [-0.4, -0.2) is 32.2 Å². The van der Waals surface area contributed by atoms with E-state index in [1.807, 2.05) is 60.7 Å². The van der Waals surface area contributed by atoms with Crippen LogP contribution in [0.3, 0.4) is 0 Å². The van der Waals surface area contributed by atoms with E-state index in [0.717, 1.165) is 25.9 Å². The van der Waals surface area contributed by atoms with Gasteiger partial charge in [-0.25, -0.2) is 8.42 Å². The van der Waals surface area contributed by atoms with Crippen molar-refractivity contribution in [3.05, 3.63) is 84.9 Å². The van der Waals surface area contributed by atoms with Gasteiger partial charge in [-0.15, -0.1) is 0 Å². The number of benzene rings is 4. The molecule has 0 aliphatic heterocycles. The van der Waals surface area contributed by atoms with E-state index in [1.54, 1.807) is 24.3 Å². The van der Waals surface area contributed by atoms with Gasteiger partial charge in [0, 0.05) is 12.7 Å². The Bertz CT molecular complexity index is 1320. The lowest BCUT2D eigenvalue weighted by Crippen LogP contribution is -2.34. The van der Waals surface area contributed by atoms with Crippen LogP contribution in [0.4, 0.5) is 5.69 Å². The molecule has 0 saturated heterocycles. The van der Waals surface area contributed by atoms with E-state index in [9.17, 15) is 13.2 Å². The van der Waals surface area contributed by atoms with Gasteiger partial charge in [-0.1, -0.05) is 60.7 Å². The third-order valence-electron chi connectivity index (χ3n) is 4.83. The zero-order chi connectivity index (χ0) is 20.4. The highest BCUT2D eigenvalue weighted by molar-refractivity contribution is 7.89. The van der Waals surface area contributed by atoms with Gasteiger partial charge in [0.25, 0.3) is 0 Å². The zero-order valence-corrected chi connectivity index (χ0v) is 16.7. The second kappa shape index (κ2) is 7.66. The molecule has 0 atom stereocenters. The molecule has 0 bridgehead atoms. The summed E-state index contributed by atoms with van der Waals surface area (Å²) in [5.74, 6) is -0.396. The number of hydrogen-bond donors (Lipinski definition) is 1. The summed E-state index contributed by atoms with van der Waals surface area (Å²) in [5, 5.41) is 6.64. The van der Waals surface area contributed by atoms with Gasteiger partial charge < -0.3 is 5.32 Å². The van der Waals surface area contributed by atoms with Crippen molar-refractivity contribution < 1.29 is 13.2 Å². The summed E-state index contributed by atoms with van der Waals surface area (Å²) in [6.45, 7) is -0.276. The molecule has 4 aromatic rings. The van der Waals surface area contributed by atoms with Crippen molar-refractivity contribution >= 4 is 43.2 Å². The molecule has 0 heterocycles. The van der Waals surface area contributed by atoms with E-state index in [0.29, 0.717) is 5.69 Å². The number of sulfonamides is 1. The van der Waals surface area contributed by atoms with Crippen molar-refractivity contribution in [1.82, 2.24) is 4.31 Å². The van der Waals surface area contributed by atoms with Crippen LogP contribution in [-0.2, 0) is 14.8 Å².